The van der Waals surface area contributed by atoms with Crippen molar-refractivity contribution in [3.05, 3.63) is 117 Å². The van der Waals surface area contributed by atoms with Gasteiger partial charge in [0.05, 0.1) is 11.1 Å². The summed E-state index contributed by atoms with van der Waals surface area (Å²) in [5, 5.41) is 21.0. The Hall–Kier alpha value is -4.02. The van der Waals surface area contributed by atoms with Crippen LogP contribution >= 0.6 is 23.2 Å². The number of rotatable bonds is 10. The van der Waals surface area contributed by atoms with Crippen molar-refractivity contribution in [2.75, 3.05) is 13.1 Å². The minimum atomic E-state index is -5.04. The molecular weight excluding hydrogens is 704 g/mol. The Morgan fingerprint density at radius 1 is 1.08 bits per heavy atom. The van der Waals surface area contributed by atoms with Crippen LogP contribution in [0.15, 0.2) is 78.4 Å². The second-order valence-electron chi connectivity index (χ2n) is 13.1. The summed E-state index contributed by atoms with van der Waals surface area (Å²) in [6.45, 7) is 5.03. The predicted octanol–water partition coefficient (Wildman–Crippen LogP) is 8.22. The van der Waals surface area contributed by atoms with Gasteiger partial charge in [-0.1, -0.05) is 97.2 Å². The van der Waals surface area contributed by atoms with E-state index in [9.17, 15) is 24.5 Å². The molecule has 1 N–H and O–H groups in total. The Kier molecular flexibility index (Phi) is 10.7. The maximum absolute atomic E-state index is 16.3. The van der Waals surface area contributed by atoms with E-state index in [1.54, 1.807) is 13.8 Å². The van der Waals surface area contributed by atoms with Gasteiger partial charge < -0.3 is 5.11 Å². The molecule has 0 aromatic heterocycles. The summed E-state index contributed by atoms with van der Waals surface area (Å²) in [5.41, 5.74) is -3.13. The Morgan fingerprint density at radius 2 is 1.78 bits per heavy atom. The molecule has 1 fully saturated rings. The van der Waals surface area contributed by atoms with Crippen LogP contribution in [0, 0.1) is 28.4 Å². The number of aliphatic carboxylic acids is 1. The highest BCUT2D eigenvalue weighted by atomic mass is 35.5. The van der Waals surface area contributed by atoms with E-state index in [-0.39, 0.29) is 9.92 Å². The molecule has 1 saturated heterocycles. The fourth-order valence-corrected chi connectivity index (χ4v) is 7.89. The second kappa shape index (κ2) is 14.3. The summed E-state index contributed by atoms with van der Waals surface area (Å²) in [7, 11) is 0. The van der Waals surface area contributed by atoms with Crippen molar-refractivity contribution < 1.29 is 41.7 Å². The maximum atomic E-state index is 16.3. The molecule has 0 bridgehead atoms. The van der Waals surface area contributed by atoms with Gasteiger partial charge in [-0.2, -0.15) is 14.0 Å². The van der Waals surface area contributed by atoms with Crippen molar-refractivity contribution in [1.29, 1.82) is 5.26 Å². The van der Waals surface area contributed by atoms with Gasteiger partial charge in [-0.15, -0.1) is 0 Å². The normalized spacial score (nSPS) is 23.3. The molecule has 0 unspecified atom stereocenters. The van der Waals surface area contributed by atoms with Crippen LogP contribution in [0.4, 0.5) is 22.1 Å². The van der Waals surface area contributed by atoms with Crippen molar-refractivity contribution in [3.63, 3.8) is 0 Å². The first-order valence-corrected chi connectivity index (χ1v) is 16.3. The molecule has 264 valence electrons. The molecule has 2 aliphatic rings. The molecule has 0 spiro atoms. The van der Waals surface area contributed by atoms with E-state index in [4.69, 9.17) is 23.2 Å². The van der Waals surface area contributed by atoms with Gasteiger partial charge in [0.25, 0.3) is 0 Å². The van der Waals surface area contributed by atoms with E-state index in [2.05, 4.69) is 9.84 Å². The first-order chi connectivity index (χ1) is 23.6. The molecule has 0 saturated carbocycles. The number of carbonyl (C=O) groups excluding carboxylic acids is 1. The van der Waals surface area contributed by atoms with Gasteiger partial charge in [0.2, 0.25) is 0 Å². The summed E-state index contributed by atoms with van der Waals surface area (Å²) in [6.07, 6.45) is 1.85. The molecule has 2 aliphatic heterocycles. The highest BCUT2D eigenvalue weighted by Gasteiger charge is 2.72. The quantitative estimate of drug-likeness (QED) is 0.127. The van der Waals surface area contributed by atoms with Crippen LogP contribution in [0.5, 0.6) is 0 Å². The third-order valence-corrected chi connectivity index (χ3v) is 10.4. The largest absolute Gasteiger partial charge is 0.480 e. The first-order valence-electron chi connectivity index (χ1n) is 15.6. The lowest BCUT2D eigenvalue weighted by molar-refractivity contribution is -0.245. The molecule has 5 rings (SSSR count). The lowest BCUT2D eigenvalue weighted by Crippen LogP contribution is -2.58. The number of carboxylic acids is 1. The van der Waals surface area contributed by atoms with Crippen molar-refractivity contribution in [2.24, 2.45) is 5.41 Å². The van der Waals surface area contributed by atoms with Gasteiger partial charge in [0.15, 0.2) is 0 Å². The Labute approximate surface area is 295 Å². The van der Waals surface area contributed by atoms with E-state index in [0.717, 1.165) is 35.4 Å². The topological polar surface area (TPSA) is 93.9 Å². The first kappa shape index (κ1) is 37.2. The smallest absolute Gasteiger partial charge is 0.434 e. The number of hydrogen-bond donors (Lipinski definition) is 1. The Balaban J connectivity index is 1.73. The number of nitriles is 1. The van der Waals surface area contributed by atoms with E-state index < -0.39 is 81.0 Å². The number of benzene rings is 3. The van der Waals surface area contributed by atoms with Gasteiger partial charge in [0.1, 0.15) is 23.1 Å². The number of carboxylic acid groups (broad SMARTS) is 1. The lowest BCUT2D eigenvalue weighted by Gasteiger charge is -2.43. The summed E-state index contributed by atoms with van der Waals surface area (Å²) in [5.74, 6) is -9.34. The summed E-state index contributed by atoms with van der Waals surface area (Å²) >= 11 is 12.1. The molecule has 2 heterocycles. The minimum absolute atomic E-state index is 0.134. The average Bonchev–Trinajstić information content (AvgIpc) is 3.37. The molecule has 3 aromatic carbocycles. The number of likely N-dealkylation sites (tertiary alicyclic amines) is 1. The zero-order chi connectivity index (χ0) is 36.6. The Morgan fingerprint density at radius 3 is 2.36 bits per heavy atom. The number of halogens is 7. The number of alkyl halides is 2. The molecule has 0 amide bonds. The van der Waals surface area contributed by atoms with Crippen LogP contribution in [0.3, 0.4) is 0 Å². The summed E-state index contributed by atoms with van der Waals surface area (Å²) in [6, 6.07) is 8.28. The van der Waals surface area contributed by atoms with Crippen LogP contribution in [-0.2, 0) is 26.5 Å². The lowest BCUT2D eigenvalue weighted by atomic mass is 9.61. The van der Waals surface area contributed by atoms with E-state index in [1.807, 2.05) is 42.5 Å². The van der Waals surface area contributed by atoms with Crippen molar-refractivity contribution in [2.45, 2.75) is 62.7 Å². The summed E-state index contributed by atoms with van der Waals surface area (Å²) < 4.78 is 77.9. The monoisotopic (exact) mass is 735 g/mol. The van der Waals surface area contributed by atoms with E-state index in [1.165, 1.54) is 12.1 Å². The van der Waals surface area contributed by atoms with Gasteiger partial charge in [-0.05, 0) is 47.6 Å². The predicted molar refractivity (Wildman–Crippen MR) is 175 cm³/mol. The van der Waals surface area contributed by atoms with Crippen LogP contribution in [0.1, 0.15) is 49.3 Å². The van der Waals surface area contributed by atoms with E-state index >= 15 is 17.6 Å². The van der Waals surface area contributed by atoms with Crippen molar-refractivity contribution >= 4 is 35.1 Å². The highest BCUT2D eigenvalue weighted by Crippen LogP contribution is 2.59. The zero-order valence-electron chi connectivity index (χ0n) is 26.9. The van der Waals surface area contributed by atoms with Gasteiger partial charge in [-0.3, -0.25) is 9.69 Å². The number of nitrogens with zero attached hydrogens (tertiary/aromatic N) is 3. The molecule has 0 aliphatic carbocycles. The molecule has 0 radical (unpaired) electrons. The van der Waals surface area contributed by atoms with E-state index in [0.29, 0.717) is 26.1 Å². The molecule has 50 heavy (non-hydrogen) atoms. The average molecular weight is 737 g/mol. The van der Waals surface area contributed by atoms with Crippen molar-refractivity contribution in [1.82, 2.24) is 9.80 Å². The molecule has 7 nitrogen and oxygen atoms in total. The minimum Gasteiger partial charge on any atom is -0.480 e. The SMILES string of the molecule is CC(C)(C[C@@H]1N(C(F)(F)C(=O)OF)[C@@H](C(=O)O)[C@H](c2cccc(Cl)c2F)[C@@]1(C#N)c1ccc(Cl)cc1F)C1=CCN(Cc2ccccc2)CC1. The van der Waals surface area contributed by atoms with Gasteiger partial charge in [0, 0.05) is 46.7 Å². The van der Waals surface area contributed by atoms with Crippen LogP contribution < -0.4 is 0 Å². The molecule has 14 heteroatoms. The van der Waals surface area contributed by atoms with Crippen LogP contribution in [0.25, 0.3) is 0 Å². The number of carbonyl (C=O) groups is 2. The van der Waals surface area contributed by atoms with Gasteiger partial charge >= 0.3 is 18.0 Å². The fourth-order valence-electron chi connectivity index (χ4n) is 7.55. The highest BCUT2D eigenvalue weighted by molar-refractivity contribution is 6.31. The van der Waals surface area contributed by atoms with Crippen LogP contribution in [-0.4, -0.2) is 58.1 Å². The molecular formula is C36H32Cl2F5N3O4. The van der Waals surface area contributed by atoms with Crippen molar-refractivity contribution in [3.8, 4) is 6.07 Å². The standard InChI is InChI=1S/C36H32Cl2F5N3O4/c1-34(2,22-13-15-45(16-14-22)19-21-7-4-3-5-8-21)18-28-35(20-44,25-12-11-23(37)17-27(25)39)29(24-9-6-10-26(38)30(24)40)31(32(47)48)46(28)36(41,42)33(49)50-43/h3-13,17,28-29,31H,14-16,18-19H2,1-2H3,(H,47,48)/t28-,29-,31+,35-/m0/s1. The third-order valence-electron chi connectivity index (χ3n) is 9.85. The molecule has 3 aromatic rings. The van der Waals surface area contributed by atoms with Gasteiger partial charge in [-0.25, -0.2) is 23.4 Å². The molecule has 4 atom stereocenters. The third kappa shape index (κ3) is 6.60. The number of hydrogen-bond acceptors (Lipinski definition) is 6. The maximum Gasteiger partial charge on any atom is 0.434 e. The summed E-state index contributed by atoms with van der Waals surface area (Å²) in [4.78, 5) is 30.5. The van der Waals surface area contributed by atoms with Crippen LogP contribution in [0.2, 0.25) is 10.0 Å². The zero-order valence-corrected chi connectivity index (χ0v) is 28.4. The fraction of sp³-hybridized carbons (Fsp3) is 0.361. The Bertz CT molecular complexity index is 1850. The second-order valence-corrected chi connectivity index (χ2v) is 14.0.